The minimum absolute atomic E-state index is 0.109. The predicted octanol–water partition coefficient (Wildman–Crippen LogP) is 3.79. The Morgan fingerprint density at radius 1 is 1.32 bits per heavy atom. The average molecular weight is 318 g/mol. The van der Waals surface area contributed by atoms with Crippen LogP contribution in [0, 0.1) is 25.2 Å². The van der Waals surface area contributed by atoms with Crippen molar-refractivity contribution in [1.82, 2.24) is 4.90 Å². The molecule has 1 aromatic rings. The van der Waals surface area contributed by atoms with Gasteiger partial charge in [0, 0.05) is 19.3 Å². The molecule has 1 fully saturated rings. The fourth-order valence-electron chi connectivity index (χ4n) is 2.65. The molecule has 0 saturated carbocycles. The van der Waals surface area contributed by atoms with E-state index in [4.69, 9.17) is 11.6 Å². The number of benzene rings is 1. The van der Waals surface area contributed by atoms with E-state index in [0.29, 0.717) is 5.02 Å². The summed E-state index contributed by atoms with van der Waals surface area (Å²) in [6, 6.07) is 5.83. The Morgan fingerprint density at radius 2 is 2.00 bits per heavy atom. The summed E-state index contributed by atoms with van der Waals surface area (Å²) >= 11 is 6.22. The van der Waals surface area contributed by atoms with Crippen LogP contribution in [0.2, 0.25) is 5.02 Å². The fourth-order valence-corrected chi connectivity index (χ4v) is 3.03. The molecular formula is C17H20ClN3O. The molecule has 1 saturated heterocycles. The molecular weight excluding hydrogens is 298 g/mol. The molecule has 0 aromatic heterocycles. The Labute approximate surface area is 136 Å². The Balaban J connectivity index is 2.16. The third-order valence-electron chi connectivity index (χ3n) is 3.79. The molecule has 4 nitrogen and oxygen atoms in total. The number of piperidine rings is 1. The van der Waals surface area contributed by atoms with Gasteiger partial charge in [0.25, 0.3) is 5.91 Å². The molecule has 116 valence electrons. The van der Waals surface area contributed by atoms with Crippen molar-refractivity contribution >= 4 is 23.2 Å². The molecule has 1 heterocycles. The van der Waals surface area contributed by atoms with Crippen LogP contribution in [0.4, 0.5) is 5.69 Å². The topological polar surface area (TPSA) is 56.1 Å². The number of anilines is 1. The number of hydrogen-bond acceptors (Lipinski definition) is 3. The number of nitriles is 1. The van der Waals surface area contributed by atoms with Crippen LogP contribution in [-0.4, -0.2) is 23.9 Å². The van der Waals surface area contributed by atoms with E-state index < -0.39 is 0 Å². The molecule has 0 radical (unpaired) electrons. The molecule has 1 aromatic carbocycles. The van der Waals surface area contributed by atoms with Crippen LogP contribution in [0.3, 0.4) is 0 Å². The van der Waals surface area contributed by atoms with Gasteiger partial charge in [0.2, 0.25) is 0 Å². The van der Waals surface area contributed by atoms with Crippen molar-refractivity contribution in [2.75, 3.05) is 18.4 Å². The number of aryl methyl sites for hydroxylation is 2. The number of carbonyl (C=O) groups is 1. The first kappa shape index (κ1) is 16.4. The Hall–Kier alpha value is -1.99. The first-order chi connectivity index (χ1) is 10.5. The maximum Gasteiger partial charge on any atom is 0.266 e. The number of amides is 1. The second-order valence-electron chi connectivity index (χ2n) is 5.61. The van der Waals surface area contributed by atoms with Crippen molar-refractivity contribution < 1.29 is 4.79 Å². The summed E-state index contributed by atoms with van der Waals surface area (Å²) in [5.74, 6) is -0.212. The quantitative estimate of drug-likeness (QED) is 0.681. The lowest BCUT2D eigenvalue weighted by Crippen LogP contribution is -2.36. The number of nitrogens with one attached hydrogen (secondary N) is 1. The van der Waals surface area contributed by atoms with Gasteiger partial charge in [-0.15, -0.1) is 0 Å². The zero-order valence-electron chi connectivity index (χ0n) is 12.9. The highest BCUT2D eigenvalue weighted by Crippen LogP contribution is 2.27. The zero-order valence-corrected chi connectivity index (χ0v) is 13.7. The summed E-state index contributed by atoms with van der Waals surface area (Å²) in [4.78, 5) is 14.1. The van der Waals surface area contributed by atoms with E-state index in [2.05, 4.69) is 5.32 Å². The monoisotopic (exact) mass is 317 g/mol. The molecule has 1 aliphatic rings. The first-order valence-electron chi connectivity index (χ1n) is 7.45. The minimum atomic E-state index is -0.212. The molecule has 2 rings (SSSR count). The van der Waals surface area contributed by atoms with E-state index in [-0.39, 0.29) is 11.5 Å². The van der Waals surface area contributed by atoms with Crippen LogP contribution in [0.15, 0.2) is 23.9 Å². The normalized spacial score (nSPS) is 15.4. The van der Waals surface area contributed by atoms with Gasteiger partial charge in [0.05, 0.1) is 10.7 Å². The van der Waals surface area contributed by atoms with E-state index in [1.165, 1.54) is 6.20 Å². The maximum atomic E-state index is 12.3. The SMILES string of the molecule is Cc1cc(C)c(N/C=C(/C#N)C(=O)N2CCCCC2)c(Cl)c1. The van der Waals surface area contributed by atoms with Crippen LogP contribution < -0.4 is 5.32 Å². The van der Waals surface area contributed by atoms with E-state index in [0.717, 1.165) is 49.2 Å². The predicted molar refractivity (Wildman–Crippen MR) is 88.7 cm³/mol. The number of carbonyl (C=O) groups excluding carboxylic acids is 1. The number of rotatable bonds is 3. The van der Waals surface area contributed by atoms with Crippen molar-refractivity contribution in [1.29, 1.82) is 5.26 Å². The van der Waals surface area contributed by atoms with Gasteiger partial charge in [-0.2, -0.15) is 5.26 Å². The second kappa shape index (κ2) is 7.33. The van der Waals surface area contributed by atoms with Crippen LogP contribution in [0.1, 0.15) is 30.4 Å². The van der Waals surface area contributed by atoms with Gasteiger partial charge in [-0.1, -0.05) is 17.7 Å². The number of hydrogen-bond donors (Lipinski definition) is 1. The number of halogens is 1. The Bertz CT molecular complexity index is 617. The van der Waals surface area contributed by atoms with Gasteiger partial charge >= 0.3 is 0 Å². The lowest BCUT2D eigenvalue weighted by atomic mass is 10.1. The molecule has 5 heteroatoms. The summed E-state index contributed by atoms with van der Waals surface area (Å²) < 4.78 is 0. The third kappa shape index (κ3) is 3.80. The summed E-state index contributed by atoms with van der Waals surface area (Å²) in [5.41, 5.74) is 2.88. The zero-order chi connectivity index (χ0) is 16.1. The highest BCUT2D eigenvalue weighted by Gasteiger charge is 2.20. The highest BCUT2D eigenvalue weighted by atomic mass is 35.5. The van der Waals surface area contributed by atoms with Gasteiger partial charge in [0.15, 0.2) is 0 Å². The fraction of sp³-hybridized carbons (Fsp3) is 0.412. The van der Waals surface area contributed by atoms with Gasteiger partial charge in [-0.3, -0.25) is 4.79 Å². The average Bonchev–Trinajstić information content (AvgIpc) is 2.50. The van der Waals surface area contributed by atoms with E-state index in [1.807, 2.05) is 32.0 Å². The molecule has 0 unspecified atom stereocenters. The van der Waals surface area contributed by atoms with Crippen LogP contribution in [0.5, 0.6) is 0 Å². The van der Waals surface area contributed by atoms with E-state index >= 15 is 0 Å². The van der Waals surface area contributed by atoms with E-state index in [1.54, 1.807) is 4.90 Å². The molecule has 22 heavy (non-hydrogen) atoms. The molecule has 1 amide bonds. The summed E-state index contributed by atoms with van der Waals surface area (Å²) in [6.45, 7) is 5.36. The van der Waals surface area contributed by atoms with Gasteiger partial charge < -0.3 is 10.2 Å². The lowest BCUT2D eigenvalue weighted by Gasteiger charge is -2.26. The van der Waals surface area contributed by atoms with Gasteiger partial charge in [0.1, 0.15) is 11.6 Å². The van der Waals surface area contributed by atoms with Crippen LogP contribution in [0.25, 0.3) is 0 Å². The van der Waals surface area contributed by atoms with Crippen LogP contribution in [-0.2, 0) is 4.79 Å². The standard InChI is InChI=1S/C17H20ClN3O/c1-12-8-13(2)16(15(18)9-12)20-11-14(10-19)17(22)21-6-4-3-5-7-21/h8-9,11,20H,3-7H2,1-2H3/b14-11-. The number of likely N-dealkylation sites (tertiary alicyclic amines) is 1. The summed E-state index contributed by atoms with van der Waals surface area (Å²) in [5, 5.41) is 12.8. The van der Waals surface area contributed by atoms with Crippen LogP contribution >= 0.6 is 11.6 Å². The minimum Gasteiger partial charge on any atom is -0.359 e. The largest absolute Gasteiger partial charge is 0.359 e. The van der Waals surface area contributed by atoms with Crippen molar-refractivity contribution in [2.24, 2.45) is 0 Å². The molecule has 1 aliphatic heterocycles. The Morgan fingerprint density at radius 3 is 2.59 bits per heavy atom. The second-order valence-corrected chi connectivity index (χ2v) is 6.01. The third-order valence-corrected chi connectivity index (χ3v) is 4.08. The van der Waals surface area contributed by atoms with Crippen molar-refractivity contribution in [2.45, 2.75) is 33.1 Å². The molecule has 0 atom stereocenters. The van der Waals surface area contributed by atoms with Crippen molar-refractivity contribution in [3.8, 4) is 6.07 Å². The summed E-state index contributed by atoms with van der Waals surface area (Å²) in [6.07, 6.45) is 4.60. The maximum absolute atomic E-state index is 12.3. The van der Waals surface area contributed by atoms with Gasteiger partial charge in [-0.05, 0) is 50.3 Å². The van der Waals surface area contributed by atoms with E-state index in [9.17, 15) is 10.1 Å². The summed E-state index contributed by atoms with van der Waals surface area (Å²) in [7, 11) is 0. The smallest absolute Gasteiger partial charge is 0.266 e. The Kier molecular flexibility index (Phi) is 5.46. The number of nitrogens with zero attached hydrogens (tertiary/aromatic N) is 2. The van der Waals surface area contributed by atoms with Crippen molar-refractivity contribution in [3.63, 3.8) is 0 Å². The van der Waals surface area contributed by atoms with Crippen molar-refractivity contribution in [3.05, 3.63) is 40.1 Å². The molecule has 0 spiro atoms. The highest BCUT2D eigenvalue weighted by molar-refractivity contribution is 6.33. The molecule has 0 aliphatic carbocycles. The van der Waals surface area contributed by atoms with Gasteiger partial charge in [-0.25, -0.2) is 0 Å². The molecule has 1 N–H and O–H groups in total. The first-order valence-corrected chi connectivity index (χ1v) is 7.83. The molecule has 0 bridgehead atoms. The lowest BCUT2D eigenvalue weighted by molar-refractivity contribution is -0.127.